The van der Waals surface area contributed by atoms with Gasteiger partial charge < -0.3 is 10.1 Å². The number of amides is 1. The maximum atomic E-state index is 11.7. The lowest BCUT2D eigenvalue weighted by Gasteiger charge is -2.07. The second kappa shape index (κ2) is 8.65. The zero-order valence-corrected chi connectivity index (χ0v) is 14.8. The van der Waals surface area contributed by atoms with Crippen LogP contribution >= 0.6 is 23.4 Å². The number of aromatic nitrogens is 2. The summed E-state index contributed by atoms with van der Waals surface area (Å²) in [5.74, 6) is -0.907. The second-order valence-corrected chi connectivity index (χ2v) is 6.32. The van der Waals surface area contributed by atoms with E-state index in [2.05, 4.69) is 15.3 Å². The molecule has 0 aliphatic carbocycles. The molecule has 0 saturated heterocycles. The van der Waals surface area contributed by atoms with Crippen LogP contribution in [0.3, 0.4) is 0 Å². The highest BCUT2D eigenvalue weighted by atomic mass is 35.5. The molecule has 1 amide bonds. The summed E-state index contributed by atoms with van der Waals surface area (Å²) >= 11 is 6.99. The van der Waals surface area contributed by atoms with Gasteiger partial charge >= 0.3 is 5.97 Å². The number of hydrogen-bond acceptors (Lipinski definition) is 6. The fraction of sp³-hybridized carbons (Fsp3) is 0.250. The van der Waals surface area contributed by atoms with Gasteiger partial charge in [0.2, 0.25) is 0 Å². The van der Waals surface area contributed by atoms with Crippen LogP contribution in [0.25, 0.3) is 0 Å². The van der Waals surface area contributed by atoms with E-state index in [-0.39, 0.29) is 12.4 Å². The first-order chi connectivity index (χ1) is 11.4. The van der Waals surface area contributed by atoms with E-state index in [1.807, 2.05) is 19.9 Å². The van der Waals surface area contributed by atoms with E-state index < -0.39 is 11.9 Å². The van der Waals surface area contributed by atoms with Crippen molar-refractivity contribution in [2.75, 3.05) is 17.7 Å². The van der Waals surface area contributed by atoms with Crippen LogP contribution < -0.4 is 5.32 Å². The molecule has 0 aliphatic heterocycles. The number of hydrogen-bond donors (Lipinski definition) is 1. The van der Waals surface area contributed by atoms with Crippen LogP contribution in [-0.4, -0.2) is 34.2 Å². The number of thioether (sulfide) groups is 1. The molecule has 0 aliphatic rings. The molecule has 1 aromatic carbocycles. The molecule has 24 heavy (non-hydrogen) atoms. The van der Waals surface area contributed by atoms with E-state index in [0.29, 0.717) is 15.9 Å². The van der Waals surface area contributed by atoms with Crippen molar-refractivity contribution < 1.29 is 14.3 Å². The van der Waals surface area contributed by atoms with E-state index in [1.165, 1.54) is 11.8 Å². The van der Waals surface area contributed by atoms with Crippen LogP contribution in [0.5, 0.6) is 0 Å². The molecule has 2 aromatic rings. The molecule has 1 heterocycles. The fourth-order valence-corrected chi connectivity index (χ4v) is 2.77. The Labute approximate surface area is 149 Å². The van der Waals surface area contributed by atoms with Crippen molar-refractivity contribution >= 4 is 40.9 Å². The number of nitrogens with zero attached hydrogens (tertiary/aromatic N) is 2. The summed E-state index contributed by atoms with van der Waals surface area (Å²) in [6.45, 7) is 3.36. The first-order valence-electron chi connectivity index (χ1n) is 7.08. The first kappa shape index (κ1) is 18.2. The summed E-state index contributed by atoms with van der Waals surface area (Å²) in [7, 11) is 0. The number of esters is 1. The van der Waals surface area contributed by atoms with Gasteiger partial charge in [0.05, 0.1) is 5.75 Å². The predicted octanol–water partition coefficient (Wildman–Crippen LogP) is 3.02. The molecule has 6 nitrogen and oxygen atoms in total. The van der Waals surface area contributed by atoms with Gasteiger partial charge in [0.25, 0.3) is 5.91 Å². The number of carbonyl (C=O) groups excluding carboxylic acids is 2. The van der Waals surface area contributed by atoms with Gasteiger partial charge in [0, 0.05) is 22.1 Å². The predicted molar refractivity (Wildman–Crippen MR) is 93.3 cm³/mol. The van der Waals surface area contributed by atoms with Crippen molar-refractivity contribution in [3.63, 3.8) is 0 Å². The van der Waals surface area contributed by atoms with E-state index in [9.17, 15) is 9.59 Å². The lowest BCUT2D eigenvalue weighted by atomic mass is 10.3. The highest BCUT2D eigenvalue weighted by Gasteiger charge is 2.10. The molecule has 0 unspecified atom stereocenters. The zero-order chi connectivity index (χ0) is 17.5. The Balaban J connectivity index is 1.75. The van der Waals surface area contributed by atoms with Crippen LogP contribution in [0.15, 0.2) is 35.5 Å². The molecule has 0 saturated carbocycles. The molecular formula is C16H16ClN3O3S. The van der Waals surface area contributed by atoms with Crippen LogP contribution in [0.1, 0.15) is 11.4 Å². The molecule has 0 radical (unpaired) electrons. The molecule has 0 bridgehead atoms. The standard InChI is InChI=1S/C16H16ClN3O3S/c1-10-6-11(2)19-16(18-10)24-9-15(22)23-8-14(21)20-13-5-3-4-12(17)7-13/h3-7H,8-9H2,1-2H3,(H,20,21). The fourth-order valence-electron chi connectivity index (χ4n) is 1.83. The van der Waals surface area contributed by atoms with Gasteiger partial charge in [0.15, 0.2) is 11.8 Å². The van der Waals surface area contributed by atoms with Gasteiger partial charge in [-0.3, -0.25) is 9.59 Å². The average Bonchev–Trinajstić information content (AvgIpc) is 2.50. The van der Waals surface area contributed by atoms with E-state index in [0.717, 1.165) is 11.4 Å². The average molecular weight is 366 g/mol. The van der Waals surface area contributed by atoms with Crippen LogP contribution in [0.2, 0.25) is 5.02 Å². The number of carbonyl (C=O) groups is 2. The SMILES string of the molecule is Cc1cc(C)nc(SCC(=O)OCC(=O)Nc2cccc(Cl)c2)n1. The van der Waals surface area contributed by atoms with Crippen LogP contribution in [0, 0.1) is 13.8 Å². The summed E-state index contributed by atoms with van der Waals surface area (Å²) in [6.07, 6.45) is 0. The van der Waals surface area contributed by atoms with Gasteiger partial charge in [-0.1, -0.05) is 29.4 Å². The summed E-state index contributed by atoms with van der Waals surface area (Å²) in [5, 5.41) is 3.61. The summed E-state index contributed by atoms with van der Waals surface area (Å²) in [6, 6.07) is 8.56. The topological polar surface area (TPSA) is 81.2 Å². The molecule has 0 atom stereocenters. The molecular weight excluding hydrogens is 350 g/mol. The summed E-state index contributed by atoms with van der Waals surface area (Å²) in [5.41, 5.74) is 2.21. The van der Waals surface area contributed by atoms with Gasteiger partial charge in [-0.05, 0) is 38.1 Å². The minimum atomic E-state index is -0.510. The van der Waals surface area contributed by atoms with E-state index in [1.54, 1.807) is 24.3 Å². The van der Waals surface area contributed by atoms with E-state index in [4.69, 9.17) is 16.3 Å². The largest absolute Gasteiger partial charge is 0.455 e. The van der Waals surface area contributed by atoms with Crippen molar-refractivity contribution in [3.8, 4) is 0 Å². The van der Waals surface area contributed by atoms with Gasteiger partial charge in [-0.25, -0.2) is 9.97 Å². The number of anilines is 1. The lowest BCUT2D eigenvalue weighted by Crippen LogP contribution is -2.21. The van der Waals surface area contributed by atoms with Crippen LogP contribution in [-0.2, 0) is 14.3 Å². The molecule has 0 spiro atoms. The smallest absolute Gasteiger partial charge is 0.316 e. The Kier molecular flexibility index (Phi) is 6.57. The molecule has 0 fully saturated rings. The van der Waals surface area contributed by atoms with E-state index >= 15 is 0 Å². The first-order valence-corrected chi connectivity index (χ1v) is 8.45. The number of halogens is 1. The maximum Gasteiger partial charge on any atom is 0.316 e. The number of benzene rings is 1. The third-order valence-corrected chi connectivity index (χ3v) is 3.81. The van der Waals surface area contributed by atoms with Gasteiger partial charge in [0.1, 0.15) is 0 Å². The third kappa shape index (κ3) is 6.17. The number of ether oxygens (including phenoxy) is 1. The Morgan fingerprint density at radius 3 is 2.58 bits per heavy atom. The van der Waals surface area contributed by atoms with Crippen molar-refractivity contribution in [2.24, 2.45) is 0 Å². The minimum Gasteiger partial charge on any atom is -0.455 e. The molecule has 1 aromatic heterocycles. The summed E-state index contributed by atoms with van der Waals surface area (Å²) < 4.78 is 4.93. The number of aryl methyl sites for hydroxylation is 2. The van der Waals surface area contributed by atoms with Gasteiger partial charge in [-0.2, -0.15) is 0 Å². The Morgan fingerprint density at radius 2 is 1.92 bits per heavy atom. The summed E-state index contributed by atoms with van der Waals surface area (Å²) in [4.78, 5) is 31.9. The number of rotatable bonds is 6. The Morgan fingerprint density at radius 1 is 1.21 bits per heavy atom. The molecule has 1 N–H and O–H groups in total. The third-order valence-electron chi connectivity index (χ3n) is 2.75. The second-order valence-electron chi connectivity index (χ2n) is 4.94. The quantitative estimate of drug-likeness (QED) is 0.481. The Bertz CT molecular complexity index is 735. The molecule has 2 rings (SSSR count). The van der Waals surface area contributed by atoms with Gasteiger partial charge in [-0.15, -0.1) is 0 Å². The van der Waals surface area contributed by atoms with Crippen molar-refractivity contribution in [3.05, 3.63) is 46.7 Å². The van der Waals surface area contributed by atoms with Crippen molar-refractivity contribution in [1.82, 2.24) is 9.97 Å². The normalized spacial score (nSPS) is 10.3. The highest BCUT2D eigenvalue weighted by molar-refractivity contribution is 7.99. The molecule has 8 heteroatoms. The van der Waals surface area contributed by atoms with Crippen molar-refractivity contribution in [2.45, 2.75) is 19.0 Å². The highest BCUT2D eigenvalue weighted by Crippen LogP contribution is 2.15. The van der Waals surface area contributed by atoms with Crippen LogP contribution in [0.4, 0.5) is 5.69 Å². The number of nitrogens with one attached hydrogen (secondary N) is 1. The monoisotopic (exact) mass is 365 g/mol. The minimum absolute atomic E-state index is 0.0351. The Hall–Kier alpha value is -2.12. The lowest BCUT2D eigenvalue weighted by molar-refractivity contribution is -0.144. The maximum absolute atomic E-state index is 11.7. The molecule has 126 valence electrons. The van der Waals surface area contributed by atoms with Crippen molar-refractivity contribution in [1.29, 1.82) is 0 Å². The zero-order valence-electron chi connectivity index (χ0n) is 13.2.